The second-order valence-corrected chi connectivity index (χ2v) is 5.57. The Balaban J connectivity index is 2.11. The molecule has 1 heterocycles. The Morgan fingerprint density at radius 2 is 2.11 bits per heavy atom. The van der Waals surface area contributed by atoms with Crippen LogP contribution in [0.2, 0.25) is 0 Å². The third-order valence-electron chi connectivity index (χ3n) is 4.43. The molecule has 2 rings (SSSR count). The second-order valence-electron chi connectivity index (χ2n) is 5.57. The van der Waals surface area contributed by atoms with Crippen LogP contribution >= 0.6 is 0 Å². The van der Waals surface area contributed by atoms with Crippen LogP contribution in [0.3, 0.4) is 0 Å². The maximum absolute atomic E-state index is 12.6. The van der Waals surface area contributed by atoms with Crippen LogP contribution in [0.4, 0.5) is 0 Å². The van der Waals surface area contributed by atoms with E-state index in [1.807, 2.05) is 6.92 Å². The number of ether oxygens (including phenoxy) is 1. The van der Waals surface area contributed by atoms with Gasteiger partial charge < -0.3 is 21.0 Å². The van der Waals surface area contributed by atoms with Crippen LogP contribution in [0, 0.1) is 5.41 Å². The SMILES string of the molecule is CC1OCCC1NC(=O)C1(C(N)=NO)CCCCC1. The normalized spacial score (nSPS) is 31.1. The Kier molecular flexibility index (Phi) is 4.29. The number of nitrogens with one attached hydrogen (secondary N) is 1. The van der Waals surface area contributed by atoms with E-state index in [-0.39, 0.29) is 23.9 Å². The summed E-state index contributed by atoms with van der Waals surface area (Å²) in [4.78, 5) is 12.6. The van der Waals surface area contributed by atoms with Gasteiger partial charge in [0.25, 0.3) is 0 Å². The summed E-state index contributed by atoms with van der Waals surface area (Å²) in [5.41, 5.74) is 4.96. The lowest BCUT2D eigenvalue weighted by atomic mass is 9.72. The molecule has 1 saturated heterocycles. The lowest BCUT2D eigenvalue weighted by molar-refractivity contribution is -0.130. The van der Waals surface area contributed by atoms with Crippen molar-refractivity contribution in [2.24, 2.45) is 16.3 Å². The van der Waals surface area contributed by atoms with Crippen molar-refractivity contribution in [3.05, 3.63) is 0 Å². The van der Waals surface area contributed by atoms with Crippen LogP contribution in [-0.2, 0) is 9.53 Å². The molecule has 2 aliphatic rings. The first-order chi connectivity index (χ1) is 9.10. The van der Waals surface area contributed by atoms with Crippen LogP contribution in [-0.4, -0.2) is 35.7 Å². The number of nitrogens with zero attached hydrogens (tertiary/aromatic N) is 1. The predicted molar refractivity (Wildman–Crippen MR) is 70.9 cm³/mol. The molecular formula is C13H23N3O3. The summed E-state index contributed by atoms with van der Waals surface area (Å²) in [6.07, 6.45) is 5.10. The maximum atomic E-state index is 12.6. The average molecular weight is 269 g/mol. The highest BCUT2D eigenvalue weighted by atomic mass is 16.5. The van der Waals surface area contributed by atoms with Gasteiger partial charge in [0.1, 0.15) is 5.41 Å². The fourth-order valence-corrected chi connectivity index (χ4v) is 3.08. The van der Waals surface area contributed by atoms with Gasteiger partial charge >= 0.3 is 0 Å². The summed E-state index contributed by atoms with van der Waals surface area (Å²) in [6, 6.07) is 0.0257. The van der Waals surface area contributed by atoms with Crippen molar-refractivity contribution < 1.29 is 14.7 Å². The zero-order chi connectivity index (χ0) is 13.9. The van der Waals surface area contributed by atoms with Gasteiger partial charge in [-0.1, -0.05) is 24.4 Å². The lowest BCUT2D eigenvalue weighted by Crippen LogP contribution is -2.54. The largest absolute Gasteiger partial charge is 0.409 e. The minimum absolute atomic E-state index is 0.0249. The first-order valence-electron chi connectivity index (χ1n) is 7.01. The third-order valence-corrected chi connectivity index (χ3v) is 4.43. The molecule has 19 heavy (non-hydrogen) atoms. The van der Waals surface area contributed by atoms with Gasteiger partial charge in [-0.2, -0.15) is 0 Å². The fraction of sp³-hybridized carbons (Fsp3) is 0.846. The van der Waals surface area contributed by atoms with Crippen LogP contribution in [0.1, 0.15) is 45.4 Å². The Hall–Kier alpha value is -1.30. The van der Waals surface area contributed by atoms with Crippen LogP contribution in [0.15, 0.2) is 5.16 Å². The lowest BCUT2D eigenvalue weighted by Gasteiger charge is -2.35. The van der Waals surface area contributed by atoms with Crippen LogP contribution in [0.5, 0.6) is 0 Å². The predicted octanol–water partition coefficient (Wildman–Crippen LogP) is 0.977. The van der Waals surface area contributed by atoms with Crippen LogP contribution in [0.25, 0.3) is 0 Å². The Labute approximate surface area is 113 Å². The minimum atomic E-state index is -0.838. The molecule has 2 unspecified atom stereocenters. The summed E-state index contributed by atoms with van der Waals surface area (Å²) in [6.45, 7) is 2.62. The average Bonchev–Trinajstić information content (AvgIpc) is 2.84. The standard InChI is InChI=1S/C13H23N3O3/c1-9-10(5-8-19-9)15-12(17)13(11(14)16-18)6-3-2-4-7-13/h9-10,18H,2-8H2,1H3,(H2,14,16)(H,15,17). The van der Waals surface area contributed by atoms with Gasteiger partial charge in [0, 0.05) is 6.61 Å². The first kappa shape index (κ1) is 14.1. The smallest absolute Gasteiger partial charge is 0.234 e. The molecule has 108 valence electrons. The summed E-state index contributed by atoms with van der Waals surface area (Å²) < 4.78 is 5.45. The maximum Gasteiger partial charge on any atom is 0.234 e. The number of nitrogens with two attached hydrogens (primary N) is 1. The second kappa shape index (κ2) is 5.77. The van der Waals surface area contributed by atoms with Gasteiger partial charge in [-0.05, 0) is 26.2 Å². The fourth-order valence-electron chi connectivity index (χ4n) is 3.08. The zero-order valence-electron chi connectivity index (χ0n) is 11.4. The van der Waals surface area contributed by atoms with E-state index in [1.54, 1.807) is 0 Å². The van der Waals surface area contributed by atoms with E-state index in [2.05, 4.69) is 10.5 Å². The van der Waals surface area contributed by atoms with E-state index in [0.29, 0.717) is 19.4 Å². The number of oxime groups is 1. The minimum Gasteiger partial charge on any atom is -0.409 e. The van der Waals surface area contributed by atoms with Crippen molar-refractivity contribution in [3.8, 4) is 0 Å². The first-order valence-corrected chi connectivity index (χ1v) is 7.01. The van der Waals surface area contributed by atoms with E-state index in [4.69, 9.17) is 15.7 Å². The molecule has 6 nitrogen and oxygen atoms in total. The molecule has 2 atom stereocenters. The zero-order valence-corrected chi connectivity index (χ0v) is 11.4. The van der Waals surface area contributed by atoms with Gasteiger partial charge in [0.2, 0.25) is 5.91 Å². The van der Waals surface area contributed by atoms with Crippen molar-refractivity contribution in [3.63, 3.8) is 0 Å². The highest BCUT2D eigenvalue weighted by Gasteiger charge is 2.45. The molecule has 0 aromatic carbocycles. The molecule has 2 fully saturated rings. The van der Waals surface area contributed by atoms with Crippen molar-refractivity contribution >= 4 is 11.7 Å². The molecule has 0 spiro atoms. The number of carbonyl (C=O) groups is 1. The van der Waals surface area contributed by atoms with Gasteiger partial charge in [0.05, 0.1) is 12.1 Å². The van der Waals surface area contributed by atoms with Gasteiger partial charge in [-0.3, -0.25) is 4.79 Å². The molecular weight excluding hydrogens is 246 g/mol. The van der Waals surface area contributed by atoms with E-state index in [0.717, 1.165) is 25.7 Å². The van der Waals surface area contributed by atoms with Gasteiger partial charge in [0.15, 0.2) is 5.84 Å². The summed E-state index contributed by atoms with van der Waals surface area (Å²) in [5, 5.41) is 15.1. The molecule has 4 N–H and O–H groups in total. The van der Waals surface area contributed by atoms with Gasteiger partial charge in [-0.25, -0.2) is 0 Å². The molecule has 6 heteroatoms. The molecule has 1 aliphatic heterocycles. The Morgan fingerprint density at radius 1 is 1.42 bits per heavy atom. The summed E-state index contributed by atoms with van der Waals surface area (Å²) in [7, 11) is 0. The molecule has 0 bridgehead atoms. The Morgan fingerprint density at radius 3 is 2.63 bits per heavy atom. The third kappa shape index (κ3) is 2.68. The van der Waals surface area contributed by atoms with Crippen molar-refractivity contribution in [1.82, 2.24) is 5.32 Å². The highest BCUT2D eigenvalue weighted by Crippen LogP contribution is 2.37. The van der Waals surface area contributed by atoms with E-state index < -0.39 is 5.41 Å². The quantitative estimate of drug-likeness (QED) is 0.308. The molecule has 1 aliphatic carbocycles. The number of hydrogen-bond acceptors (Lipinski definition) is 4. The summed E-state index contributed by atoms with van der Waals surface area (Å²) in [5.74, 6) is -0.0823. The van der Waals surface area contributed by atoms with E-state index in [1.165, 1.54) is 0 Å². The molecule has 1 amide bonds. The molecule has 0 radical (unpaired) electrons. The highest BCUT2D eigenvalue weighted by molar-refractivity contribution is 6.06. The van der Waals surface area contributed by atoms with Crippen LogP contribution < -0.4 is 11.1 Å². The number of carbonyl (C=O) groups excluding carboxylic acids is 1. The number of amides is 1. The van der Waals surface area contributed by atoms with Crippen molar-refractivity contribution in [2.45, 2.75) is 57.6 Å². The summed E-state index contributed by atoms with van der Waals surface area (Å²) >= 11 is 0. The Bertz CT molecular complexity index is 364. The van der Waals surface area contributed by atoms with E-state index in [9.17, 15) is 4.79 Å². The van der Waals surface area contributed by atoms with Crippen molar-refractivity contribution in [1.29, 1.82) is 0 Å². The van der Waals surface area contributed by atoms with E-state index >= 15 is 0 Å². The number of amidine groups is 1. The number of hydrogen-bond donors (Lipinski definition) is 3. The molecule has 0 aromatic rings. The molecule has 0 aromatic heterocycles. The number of rotatable bonds is 3. The monoisotopic (exact) mass is 269 g/mol. The topological polar surface area (TPSA) is 96.9 Å². The van der Waals surface area contributed by atoms with Crippen molar-refractivity contribution in [2.75, 3.05) is 6.61 Å². The molecule has 1 saturated carbocycles. The van der Waals surface area contributed by atoms with Gasteiger partial charge in [-0.15, -0.1) is 0 Å².